The Kier molecular flexibility index (Phi) is 5.79. The van der Waals surface area contributed by atoms with Gasteiger partial charge in [0.05, 0.1) is 22.2 Å². The van der Waals surface area contributed by atoms with Gasteiger partial charge in [-0.1, -0.05) is 35.4 Å². The summed E-state index contributed by atoms with van der Waals surface area (Å²) in [7, 11) is -7.30. The van der Waals surface area contributed by atoms with E-state index in [-0.39, 0.29) is 28.6 Å². The summed E-state index contributed by atoms with van der Waals surface area (Å²) in [6.45, 7) is 3.55. The molecule has 2 rings (SSSR count). The van der Waals surface area contributed by atoms with E-state index < -0.39 is 20.0 Å². The summed E-state index contributed by atoms with van der Waals surface area (Å²) in [5.74, 6) is -0.167. The van der Waals surface area contributed by atoms with Gasteiger partial charge < -0.3 is 0 Å². The predicted octanol–water partition coefficient (Wildman–Crippen LogP) is 2.87. The van der Waals surface area contributed by atoms with Crippen LogP contribution in [0.25, 0.3) is 0 Å². The summed E-state index contributed by atoms with van der Waals surface area (Å²) in [4.78, 5) is 0.295. The second-order valence-corrected chi connectivity index (χ2v) is 9.30. The standard InChI is InChI=1S/C17H20O5S2/c1-14-4-8-16(9-5-14)23(18,19)13-3-12-22-24(20,21)17-10-6-15(2)7-11-17/h4-11H,3,12-13H2,1-2H3. The SMILES string of the molecule is Cc1ccc(S(=O)(=O)CCCOS(=O)(=O)c2ccc(C)cc2)cc1. The molecule has 0 radical (unpaired) electrons. The van der Waals surface area contributed by atoms with Crippen LogP contribution in [0.3, 0.4) is 0 Å². The zero-order valence-electron chi connectivity index (χ0n) is 13.6. The highest BCUT2D eigenvalue weighted by molar-refractivity contribution is 7.91. The van der Waals surface area contributed by atoms with Crippen LogP contribution in [-0.4, -0.2) is 29.2 Å². The van der Waals surface area contributed by atoms with Gasteiger partial charge in [0.15, 0.2) is 9.84 Å². The molecule has 0 aliphatic rings. The molecule has 5 nitrogen and oxygen atoms in total. The molecule has 0 spiro atoms. The number of benzene rings is 2. The lowest BCUT2D eigenvalue weighted by Gasteiger charge is -2.07. The Labute approximate surface area is 143 Å². The Morgan fingerprint density at radius 2 is 1.21 bits per heavy atom. The molecule has 0 aromatic heterocycles. The van der Waals surface area contributed by atoms with Crippen LogP contribution in [0.15, 0.2) is 58.3 Å². The first-order chi connectivity index (χ1) is 11.2. The van der Waals surface area contributed by atoms with Gasteiger partial charge in [0.1, 0.15) is 0 Å². The Hall–Kier alpha value is -1.70. The maximum absolute atomic E-state index is 12.2. The molecule has 0 aliphatic carbocycles. The Morgan fingerprint density at radius 3 is 1.71 bits per heavy atom. The molecular weight excluding hydrogens is 348 g/mol. The average Bonchev–Trinajstić information content (AvgIpc) is 2.52. The van der Waals surface area contributed by atoms with Crippen molar-refractivity contribution < 1.29 is 21.0 Å². The van der Waals surface area contributed by atoms with Crippen LogP contribution in [0.2, 0.25) is 0 Å². The number of aryl methyl sites for hydroxylation is 2. The minimum Gasteiger partial charge on any atom is -0.266 e. The third kappa shape index (κ3) is 4.90. The normalized spacial score (nSPS) is 12.2. The van der Waals surface area contributed by atoms with Crippen molar-refractivity contribution in [3.05, 3.63) is 59.7 Å². The Balaban J connectivity index is 1.92. The van der Waals surface area contributed by atoms with Gasteiger partial charge in [-0.2, -0.15) is 8.42 Å². The highest BCUT2D eigenvalue weighted by atomic mass is 32.2. The van der Waals surface area contributed by atoms with Crippen LogP contribution in [0.1, 0.15) is 17.5 Å². The lowest BCUT2D eigenvalue weighted by molar-refractivity contribution is 0.318. The molecule has 0 heterocycles. The van der Waals surface area contributed by atoms with Crippen molar-refractivity contribution in [3.8, 4) is 0 Å². The molecule has 0 unspecified atom stereocenters. The van der Waals surface area contributed by atoms with Crippen LogP contribution in [0.4, 0.5) is 0 Å². The predicted molar refractivity (Wildman–Crippen MR) is 92.2 cm³/mol. The molecule has 7 heteroatoms. The largest absolute Gasteiger partial charge is 0.296 e. The van der Waals surface area contributed by atoms with Crippen LogP contribution >= 0.6 is 0 Å². The van der Waals surface area contributed by atoms with Gasteiger partial charge in [-0.3, -0.25) is 4.18 Å². The molecule has 0 saturated heterocycles. The zero-order valence-corrected chi connectivity index (χ0v) is 15.2. The van der Waals surface area contributed by atoms with Gasteiger partial charge in [-0.15, -0.1) is 0 Å². The second-order valence-electron chi connectivity index (χ2n) is 5.57. The number of hydrogen-bond donors (Lipinski definition) is 0. The molecule has 24 heavy (non-hydrogen) atoms. The highest BCUT2D eigenvalue weighted by Crippen LogP contribution is 2.15. The van der Waals surface area contributed by atoms with E-state index in [1.54, 1.807) is 36.4 Å². The Morgan fingerprint density at radius 1 is 0.750 bits per heavy atom. The molecule has 2 aromatic rings. The number of hydrogen-bond acceptors (Lipinski definition) is 5. The molecule has 0 bridgehead atoms. The maximum atomic E-state index is 12.2. The van der Waals surface area contributed by atoms with Crippen LogP contribution < -0.4 is 0 Å². The van der Waals surface area contributed by atoms with Crippen LogP contribution in [0.5, 0.6) is 0 Å². The van der Waals surface area contributed by atoms with E-state index >= 15 is 0 Å². The van der Waals surface area contributed by atoms with E-state index in [2.05, 4.69) is 0 Å². The summed E-state index contributed by atoms with van der Waals surface area (Å²) in [6, 6.07) is 12.8. The summed E-state index contributed by atoms with van der Waals surface area (Å²) in [6.07, 6.45) is 0.0985. The van der Waals surface area contributed by atoms with Gasteiger partial charge >= 0.3 is 0 Å². The van der Waals surface area contributed by atoms with Crippen molar-refractivity contribution in [2.24, 2.45) is 0 Å². The van der Waals surface area contributed by atoms with Crippen molar-refractivity contribution in [2.45, 2.75) is 30.1 Å². The van der Waals surface area contributed by atoms with E-state index in [1.807, 2.05) is 13.8 Å². The molecular formula is C17H20O5S2. The van der Waals surface area contributed by atoms with E-state index in [4.69, 9.17) is 4.18 Å². The van der Waals surface area contributed by atoms with Crippen molar-refractivity contribution in [3.63, 3.8) is 0 Å². The third-order valence-electron chi connectivity index (χ3n) is 3.49. The quantitative estimate of drug-likeness (QED) is 0.555. The summed E-state index contributed by atoms with van der Waals surface area (Å²) < 4.78 is 53.3. The third-order valence-corrected chi connectivity index (χ3v) is 6.63. The van der Waals surface area contributed by atoms with E-state index in [0.717, 1.165) is 11.1 Å². The second kappa shape index (κ2) is 7.46. The number of sulfone groups is 1. The molecule has 0 N–H and O–H groups in total. The van der Waals surface area contributed by atoms with E-state index in [9.17, 15) is 16.8 Å². The van der Waals surface area contributed by atoms with Crippen molar-refractivity contribution in [1.29, 1.82) is 0 Å². The van der Waals surface area contributed by atoms with Crippen LogP contribution in [-0.2, 0) is 24.1 Å². The van der Waals surface area contributed by atoms with E-state index in [0.29, 0.717) is 0 Å². The molecule has 0 amide bonds. The first-order valence-electron chi connectivity index (χ1n) is 7.46. The molecule has 0 saturated carbocycles. The lowest BCUT2D eigenvalue weighted by Crippen LogP contribution is -2.12. The van der Waals surface area contributed by atoms with Crippen molar-refractivity contribution in [1.82, 2.24) is 0 Å². The summed E-state index contributed by atoms with van der Waals surface area (Å²) in [5.41, 5.74) is 1.92. The van der Waals surface area contributed by atoms with Crippen LogP contribution in [0, 0.1) is 13.8 Å². The Bertz CT molecular complexity index is 804. The van der Waals surface area contributed by atoms with Gasteiger partial charge in [0.2, 0.25) is 0 Å². The molecule has 0 fully saturated rings. The average molecular weight is 368 g/mol. The highest BCUT2D eigenvalue weighted by Gasteiger charge is 2.17. The smallest absolute Gasteiger partial charge is 0.266 e. The monoisotopic (exact) mass is 368 g/mol. The molecule has 0 atom stereocenters. The first-order valence-corrected chi connectivity index (χ1v) is 10.5. The fourth-order valence-electron chi connectivity index (χ4n) is 2.05. The van der Waals surface area contributed by atoms with Crippen molar-refractivity contribution >= 4 is 20.0 Å². The van der Waals surface area contributed by atoms with Gasteiger partial charge in [0, 0.05) is 0 Å². The van der Waals surface area contributed by atoms with Gasteiger partial charge in [-0.25, -0.2) is 8.42 Å². The topological polar surface area (TPSA) is 77.5 Å². The first kappa shape index (κ1) is 18.6. The van der Waals surface area contributed by atoms with Crippen molar-refractivity contribution in [2.75, 3.05) is 12.4 Å². The van der Waals surface area contributed by atoms with E-state index in [1.165, 1.54) is 12.1 Å². The molecule has 2 aromatic carbocycles. The summed E-state index contributed by atoms with van der Waals surface area (Å²) >= 11 is 0. The fraction of sp³-hybridized carbons (Fsp3) is 0.294. The lowest BCUT2D eigenvalue weighted by atomic mass is 10.2. The summed E-state index contributed by atoms with van der Waals surface area (Å²) in [5, 5.41) is 0. The number of rotatable bonds is 7. The van der Waals surface area contributed by atoms with Gasteiger partial charge in [-0.05, 0) is 44.5 Å². The fourth-order valence-corrected chi connectivity index (χ4v) is 4.28. The van der Waals surface area contributed by atoms with Gasteiger partial charge in [0.25, 0.3) is 10.1 Å². The minimum absolute atomic E-state index is 0.0643. The molecule has 130 valence electrons. The molecule has 0 aliphatic heterocycles. The zero-order chi connectivity index (χ0) is 17.8. The minimum atomic E-state index is -3.86. The maximum Gasteiger partial charge on any atom is 0.296 e.